The molecule has 2 nitrogen and oxygen atoms in total. The number of rotatable bonds is 11. The molecule has 0 aromatic heterocycles. The summed E-state index contributed by atoms with van der Waals surface area (Å²) < 4.78 is 0. The van der Waals surface area contributed by atoms with Crippen molar-refractivity contribution in [3.05, 3.63) is 36.5 Å². The van der Waals surface area contributed by atoms with Gasteiger partial charge in [-0.05, 0) is 38.5 Å². The number of carbonyl (C=O) groups is 2. The average molecular weight is 304 g/mol. The molecule has 0 amide bonds. The zero-order valence-electron chi connectivity index (χ0n) is 14.9. The lowest BCUT2D eigenvalue weighted by Gasteiger charge is -2.17. The number of Topliss-reactive ketones (excluding diaryl/α,β-unsaturated/α-hetero) is 2. The quantitative estimate of drug-likeness (QED) is 0.485. The summed E-state index contributed by atoms with van der Waals surface area (Å²) in [5, 5.41) is 0. The Labute approximate surface area is 136 Å². The normalized spacial score (nSPS) is 16.3. The van der Waals surface area contributed by atoms with E-state index in [4.69, 9.17) is 0 Å². The fourth-order valence-corrected chi connectivity index (χ4v) is 2.34. The molecular weight excluding hydrogens is 272 g/mol. The number of carbonyl (C=O) groups excluding carboxylic acids is 2. The zero-order valence-corrected chi connectivity index (χ0v) is 14.9. The summed E-state index contributed by atoms with van der Waals surface area (Å²) in [6.45, 7) is 13.5. The maximum atomic E-state index is 12.3. The third-order valence-corrected chi connectivity index (χ3v) is 4.04. The minimum absolute atomic E-state index is 0.0754. The van der Waals surface area contributed by atoms with Crippen molar-refractivity contribution < 1.29 is 9.59 Å². The van der Waals surface area contributed by atoms with Crippen molar-refractivity contribution in [2.24, 2.45) is 17.8 Å². The van der Waals surface area contributed by atoms with Gasteiger partial charge >= 0.3 is 0 Å². The molecule has 0 rings (SSSR count). The summed E-state index contributed by atoms with van der Waals surface area (Å²) >= 11 is 0. The largest absolute Gasteiger partial charge is 0.300 e. The maximum Gasteiger partial charge on any atom is 0.136 e. The Morgan fingerprint density at radius 1 is 1.09 bits per heavy atom. The van der Waals surface area contributed by atoms with E-state index in [2.05, 4.69) is 32.6 Å². The van der Waals surface area contributed by atoms with Crippen molar-refractivity contribution in [2.45, 2.75) is 60.3 Å². The predicted molar refractivity (Wildman–Crippen MR) is 94.7 cm³/mol. The second kappa shape index (κ2) is 11.2. The van der Waals surface area contributed by atoms with Crippen LogP contribution in [0.5, 0.6) is 0 Å². The molecule has 0 saturated heterocycles. The third kappa shape index (κ3) is 9.49. The van der Waals surface area contributed by atoms with Crippen LogP contribution in [0.4, 0.5) is 0 Å². The van der Waals surface area contributed by atoms with Crippen molar-refractivity contribution in [1.29, 1.82) is 0 Å². The standard InChI is InChI=1S/C20H32O2/c1-7-8-9-10-15(2)13-18(5)20(22)14-17(4)16(3)11-12-19(6)21/h7,9-11,15,17-18H,1,8,12-14H2,2-6H3. The first-order valence-electron chi connectivity index (χ1n) is 8.24. The Bertz CT molecular complexity index is 429. The van der Waals surface area contributed by atoms with Crippen molar-refractivity contribution in [3.8, 4) is 0 Å². The molecule has 0 aromatic rings. The molecular formula is C20H32O2. The number of ketones is 2. The van der Waals surface area contributed by atoms with E-state index in [0.29, 0.717) is 24.5 Å². The third-order valence-electron chi connectivity index (χ3n) is 4.04. The molecule has 0 N–H and O–H groups in total. The van der Waals surface area contributed by atoms with Gasteiger partial charge in [0.15, 0.2) is 0 Å². The average Bonchev–Trinajstić information content (AvgIpc) is 2.44. The lowest BCUT2D eigenvalue weighted by atomic mass is 9.87. The minimum Gasteiger partial charge on any atom is -0.300 e. The van der Waals surface area contributed by atoms with Crippen LogP contribution >= 0.6 is 0 Å². The van der Waals surface area contributed by atoms with E-state index in [0.717, 1.165) is 18.4 Å². The van der Waals surface area contributed by atoms with E-state index in [1.54, 1.807) is 6.92 Å². The van der Waals surface area contributed by atoms with Crippen molar-refractivity contribution in [3.63, 3.8) is 0 Å². The van der Waals surface area contributed by atoms with Crippen molar-refractivity contribution in [2.75, 3.05) is 0 Å². The highest BCUT2D eigenvalue weighted by Crippen LogP contribution is 2.21. The highest BCUT2D eigenvalue weighted by molar-refractivity contribution is 5.81. The topological polar surface area (TPSA) is 34.1 Å². The molecule has 0 saturated carbocycles. The van der Waals surface area contributed by atoms with Crippen LogP contribution in [0.25, 0.3) is 0 Å². The van der Waals surface area contributed by atoms with Gasteiger partial charge in [0.25, 0.3) is 0 Å². The molecule has 0 spiro atoms. The molecule has 2 heteroatoms. The van der Waals surface area contributed by atoms with Crippen LogP contribution in [0.2, 0.25) is 0 Å². The van der Waals surface area contributed by atoms with E-state index < -0.39 is 0 Å². The summed E-state index contributed by atoms with van der Waals surface area (Å²) in [5.74, 6) is 1.16. The lowest BCUT2D eigenvalue weighted by molar-refractivity contribution is -0.123. The van der Waals surface area contributed by atoms with Crippen LogP contribution in [0.1, 0.15) is 60.3 Å². The van der Waals surface area contributed by atoms with E-state index >= 15 is 0 Å². The van der Waals surface area contributed by atoms with E-state index in [1.165, 1.54) is 0 Å². The van der Waals surface area contributed by atoms with Gasteiger partial charge in [-0.15, -0.1) is 6.58 Å². The molecule has 22 heavy (non-hydrogen) atoms. The van der Waals surface area contributed by atoms with Gasteiger partial charge in [-0.2, -0.15) is 0 Å². The first-order valence-corrected chi connectivity index (χ1v) is 8.24. The second-order valence-corrected chi connectivity index (χ2v) is 6.49. The Kier molecular flexibility index (Phi) is 10.4. The van der Waals surface area contributed by atoms with Crippen LogP contribution < -0.4 is 0 Å². The van der Waals surface area contributed by atoms with E-state index in [-0.39, 0.29) is 17.6 Å². The van der Waals surface area contributed by atoms with Crippen LogP contribution in [0, 0.1) is 17.8 Å². The van der Waals surface area contributed by atoms with Gasteiger partial charge < -0.3 is 0 Å². The fraction of sp³-hybridized carbons (Fsp3) is 0.600. The summed E-state index contributed by atoms with van der Waals surface area (Å²) in [6, 6.07) is 0. The SMILES string of the molecule is C=CCC=CC(C)CC(C)C(=O)CC(C)C(C)=CCC(C)=O. The molecule has 0 aliphatic rings. The fourth-order valence-electron chi connectivity index (χ4n) is 2.34. The van der Waals surface area contributed by atoms with Gasteiger partial charge in [-0.3, -0.25) is 9.59 Å². The predicted octanol–water partition coefficient (Wildman–Crippen LogP) is 5.30. The molecule has 3 unspecified atom stereocenters. The molecule has 0 aliphatic heterocycles. The maximum absolute atomic E-state index is 12.3. The van der Waals surface area contributed by atoms with Gasteiger partial charge in [-0.1, -0.05) is 50.6 Å². The van der Waals surface area contributed by atoms with Crippen molar-refractivity contribution in [1.82, 2.24) is 0 Å². The Morgan fingerprint density at radius 3 is 2.27 bits per heavy atom. The monoisotopic (exact) mass is 304 g/mol. The molecule has 124 valence electrons. The number of hydrogen-bond acceptors (Lipinski definition) is 2. The van der Waals surface area contributed by atoms with Crippen LogP contribution in [-0.2, 0) is 9.59 Å². The molecule has 0 fully saturated rings. The molecule has 3 atom stereocenters. The second-order valence-electron chi connectivity index (χ2n) is 6.49. The zero-order chi connectivity index (χ0) is 17.1. The molecule has 0 bridgehead atoms. The van der Waals surface area contributed by atoms with E-state index in [9.17, 15) is 9.59 Å². The first-order chi connectivity index (χ1) is 10.3. The molecule has 0 radical (unpaired) electrons. The highest BCUT2D eigenvalue weighted by atomic mass is 16.1. The highest BCUT2D eigenvalue weighted by Gasteiger charge is 2.18. The Morgan fingerprint density at radius 2 is 1.73 bits per heavy atom. The lowest BCUT2D eigenvalue weighted by Crippen LogP contribution is -2.17. The Balaban J connectivity index is 4.37. The van der Waals surface area contributed by atoms with Gasteiger partial charge in [0.1, 0.15) is 11.6 Å². The van der Waals surface area contributed by atoms with Crippen LogP contribution in [0.15, 0.2) is 36.5 Å². The smallest absolute Gasteiger partial charge is 0.136 e. The van der Waals surface area contributed by atoms with Crippen LogP contribution in [-0.4, -0.2) is 11.6 Å². The van der Waals surface area contributed by atoms with Gasteiger partial charge in [0.2, 0.25) is 0 Å². The minimum atomic E-state index is 0.0754. The summed E-state index contributed by atoms with van der Waals surface area (Å²) in [5.41, 5.74) is 1.13. The van der Waals surface area contributed by atoms with E-state index in [1.807, 2.05) is 26.0 Å². The number of allylic oxidation sites excluding steroid dienone is 5. The van der Waals surface area contributed by atoms with Crippen molar-refractivity contribution >= 4 is 11.6 Å². The molecule has 0 aliphatic carbocycles. The summed E-state index contributed by atoms with van der Waals surface area (Å²) in [4.78, 5) is 23.3. The summed E-state index contributed by atoms with van der Waals surface area (Å²) in [7, 11) is 0. The van der Waals surface area contributed by atoms with Gasteiger partial charge in [0.05, 0.1) is 0 Å². The van der Waals surface area contributed by atoms with Gasteiger partial charge in [-0.25, -0.2) is 0 Å². The molecule has 0 heterocycles. The van der Waals surface area contributed by atoms with Crippen LogP contribution in [0.3, 0.4) is 0 Å². The summed E-state index contributed by atoms with van der Waals surface area (Å²) in [6.07, 6.45) is 10.9. The molecule has 0 aromatic carbocycles. The Hall–Kier alpha value is -1.44. The number of hydrogen-bond donors (Lipinski definition) is 0. The van der Waals surface area contributed by atoms with Gasteiger partial charge in [0, 0.05) is 18.8 Å². The first kappa shape index (κ1) is 20.6.